The van der Waals surface area contributed by atoms with Gasteiger partial charge in [0.25, 0.3) is 0 Å². The van der Waals surface area contributed by atoms with E-state index in [0.717, 1.165) is 5.56 Å². The van der Waals surface area contributed by atoms with Crippen molar-refractivity contribution in [3.63, 3.8) is 0 Å². The van der Waals surface area contributed by atoms with E-state index in [1.165, 1.54) is 0 Å². The van der Waals surface area contributed by atoms with Gasteiger partial charge in [-0.3, -0.25) is 4.79 Å². The van der Waals surface area contributed by atoms with Crippen molar-refractivity contribution < 1.29 is 4.79 Å². The largest absolute Gasteiger partial charge is 0.393 e. The highest BCUT2D eigenvalue weighted by Crippen LogP contribution is 2.14. The van der Waals surface area contributed by atoms with E-state index < -0.39 is 0 Å². The van der Waals surface area contributed by atoms with Gasteiger partial charge >= 0.3 is 0 Å². The minimum Gasteiger partial charge on any atom is -0.393 e. The summed E-state index contributed by atoms with van der Waals surface area (Å²) in [6.07, 6.45) is 0.619. The summed E-state index contributed by atoms with van der Waals surface area (Å²) >= 11 is 10.8. The van der Waals surface area contributed by atoms with E-state index in [1.807, 2.05) is 25.1 Å². The molecule has 0 radical (unpaired) electrons. The molecular weight excluding hydrogens is 268 g/mol. The lowest BCUT2D eigenvalue weighted by Gasteiger charge is -2.22. The van der Waals surface area contributed by atoms with Gasteiger partial charge in [0.05, 0.1) is 10.9 Å². The Labute approximate surface area is 118 Å². The number of carbonyl (C=O) groups excluding carboxylic acids is 1. The molecule has 98 valence electrons. The summed E-state index contributed by atoms with van der Waals surface area (Å²) in [6.45, 7) is 2.40. The third kappa shape index (κ3) is 3.96. The highest BCUT2D eigenvalue weighted by atomic mass is 35.5. The molecule has 3 nitrogen and oxygen atoms in total. The molecule has 1 rings (SSSR count). The number of hydrogen-bond donors (Lipinski definition) is 1. The molecule has 2 N–H and O–H groups in total. The number of amides is 1. The molecule has 0 heterocycles. The predicted molar refractivity (Wildman–Crippen MR) is 78.5 cm³/mol. The van der Waals surface area contributed by atoms with Crippen molar-refractivity contribution in [1.82, 2.24) is 4.90 Å². The molecule has 0 aliphatic heterocycles. The second-order valence-corrected chi connectivity index (χ2v) is 5.10. The zero-order valence-corrected chi connectivity index (χ0v) is 12.1. The number of thiocarbonyl (C=S) groups is 1. The van der Waals surface area contributed by atoms with E-state index in [2.05, 4.69) is 0 Å². The Kier molecular flexibility index (Phi) is 5.56. The number of carbonyl (C=O) groups is 1. The Morgan fingerprint density at radius 3 is 2.72 bits per heavy atom. The number of benzene rings is 1. The van der Waals surface area contributed by atoms with Crippen molar-refractivity contribution >= 4 is 34.7 Å². The molecule has 1 atom stereocenters. The van der Waals surface area contributed by atoms with E-state index in [9.17, 15) is 4.79 Å². The first-order valence-corrected chi connectivity index (χ1v) is 6.53. The fourth-order valence-corrected chi connectivity index (χ4v) is 2.23. The SMILES string of the molecule is CCC(C(=O)N(C)Cc1cccc(Cl)c1)C(N)=S. The van der Waals surface area contributed by atoms with E-state index in [-0.39, 0.29) is 16.8 Å². The van der Waals surface area contributed by atoms with Crippen LogP contribution in [0, 0.1) is 5.92 Å². The molecule has 0 saturated heterocycles. The van der Waals surface area contributed by atoms with E-state index in [0.29, 0.717) is 18.0 Å². The van der Waals surface area contributed by atoms with Crippen LogP contribution in [0.5, 0.6) is 0 Å². The van der Waals surface area contributed by atoms with E-state index in [4.69, 9.17) is 29.6 Å². The molecule has 0 saturated carbocycles. The molecule has 0 aliphatic rings. The second kappa shape index (κ2) is 6.71. The van der Waals surface area contributed by atoms with Gasteiger partial charge in [-0.05, 0) is 24.1 Å². The molecule has 0 aliphatic carbocycles. The zero-order valence-electron chi connectivity index (χ0n) is 10.5. The first-order chi connectivity index (χ1) is 8.45. The van der Waals surface area contributed by atoms with Crippen LogP contribution in [0.25, 0.3) is 0 Å². The van der Waals surface area contributed by atoms with Gasteiger partial charge in [0.15, 0.2) is 0 Å². The predicted octanol–water partition coefficient (Wildman–Crippen LogP) is 2.61. The van der Waals surface area contributed by atoms with Crippen LogP contribution in [-0.2, 0) is 11.3 Å². The van der Waals surface area contributed by atoms with Crippen molar-refractivity contribution in [3.8, 4) is 0 Å². The van der Waals surface area contributed by atoms with Gasteiger partial charge in [-0.2, -0.15) is 0 Å². The van der Waals surface area contributed by atoms with Gasteiger partial charge in [-0.25, -0.2) is 0 Å². The summed E-state index contributed by atoms with van der Waals surface area (Å²) in [5.74, 6) is -0.436. The number of rotatable bonds is 5. The average molecular weight is 285 g/mol. The maximum atomic E-state index is 12.1. The van der Waals surface area contributed by atoms with Crippen LogP contribution in [-0.4, -0.2) is 22.8 Å². The lowest BCUT2D eigenvalue weighted by molar-refractivity contribution is -0.132. The lowest BCUT2D eigenvalue weighted by atomic mass is 10.0. The summed E-state index contributed by atoms with van der Waals surface area (Å²) in [7, 11) is 1.74. The molecule has 1 aromatic rings. The number of nitrogens with zero attached hydrogens (tertiary/aromatic N) is 1. The highest BCUT2D eigenvalue weighted by Gasteiger charge is 2.22. The summed E-state index contributed by atoms with van der Waals surface area (Å²) < 4.78 is 0. The summed E-state index contributed by atoms with van der Waals surface area (Å²) in [5, 5.41) is 0.662. The number of hydrogen-bond acceptors (Lipinski definition) is 2. The topological polar surface area (TPSA) is 46.3 Å². The van der Waals surface area contributed by atoms with Crippen molar-refractivity contribution in [1.29, 1.82) is 0 Å². The van der Waals surface area contributed by atoms with Crippen molar-refractivity contribution in [2.75, 3.05) is 7.05 Å². The zero-order chi connectivity index (χ0) is 13.7. The van der Waals surface area contributed by atoms with Gasteiger partial charge in [0, 0.05) is 18.6 Å². The van der Waals surface area contributed by atoms with Crippen LogP contribution in [0.2, 0.25) is 5.02 Å². The molecule has 0 spiro atoms. The normalized spacial score (nSPS) is 11.9. The van der Waals surface area contributed by atoms with Gasteiger partial charge in [0.1, 0.15) is 0 Å². The third-order valence-electron chi connectivity index (χ3n) is 2.73. The summed E-state index contributed by atoms with van der Waals surface area (Å²) in [5.41, 5.74) is 6.55. The van der Waals surface area contributed by atoms with E-state index >= 15 is 0 Å². The first-order valence-electron chi connectivity index (χ1n) is 5.74. The van der Waals surface area contributed by atoms with Crippen LogP contribution < -0.4 is 5.73 Å². The molecule has 1 aromatic carbocycles. The Bertz CT molecular complexity index is 450. The fraction of sp³-hybridized carbons (Fsp3) is 0.385. The minimum absolute atomic E-state index is 0.0509. The summed E-state index contributed by atoms with van der Waals surface area (Å²) in [4.78, 5) is 14.0. The van der Waals surface area contributed by atoms with Gasteiger partial charge in [-0.15, -0.1) is 0 Å². The van der Waals surface area contributed by atoms with Crippen molar-refractivity contribution in [2.45, 2.75) is 19.9 Å². The molecule has 18 heavy (non-hydrogen) atoms. The molecule has 1 amide bonds. The Morgan fingerprint density at radius 1 is 1.56 bits per heavy atom. The Morgan fingerprint density at radius 2 is 2.22 bits per heavy atom. The van der Waals surface area contributed by atoms with Crippen molar-refractivity contribution in [2.24, 2.45) is 11.7 Å². The third-order valence-corrected chi connectivity index (χ3v) is 3.25. The van der Waals surface area contributed by atoms with Crippen LogP contribution in [0.1, 0.15) is 18.9 Å². The Balaban J connectivity index is 2.73. The lowest BCUT2D eigenvalue weighted by Crippen LogP contribution is -2.38. The molecule has 1 unspecified atom stereocenters. The second-order valence-electron chi connectivity index (χ2n) is 4.19. The average Bonchev–Trinajstić information content (AvgIpc) is 2.29. The van der Waals surface area contributed by atoms with Gasteiger partial charge in [0.2, 0.25) is 5.91 Å². The Hall–Kier alpha value is -1.13. The smallest absolute Gasteiger partial charge is 0.232 e. The molecule has 0 aromatic heterocycles. The standard InChI is InChI=1S/C13H17ClN2OS/c1-3-11(12(15)18)13(17)16(2)8-9-5-4-6-10(14)7-9/h4-7,11H,3,8H2,1-2H3,(H2,15,18). The van der Waals surface area contributed by atoms with Crippen LogP contribution in [0.15, 0.2) is 24.3 Å². The van der Waals surface area contributed by atoms with Gasteiger partial charge < -0.3 is 10.6 Å². The molecule has 5 heteroatoms. The van der Waals surface area contributed by atoms with Crippen molar-refractivity contribution in [3.05, 3.63) is 34.9 Å². The monoisotopic (exact) mass is 284 g/mol. The van der Waals surface area contributed by atoms with Crippen LogP contribution in [0.3, 0.4) is 0 Å². The molecule has 0 bridgehead atoms. The fourth-order valence-electron chi connectivity index (χ4n) is 1.75. The number of halogens is 1. The van der Waals surface area contributed by atoms with Crippen LogP contribution in [0.4, 0.5) is 0 Å². The van der Waals surface area contributed by atoms with Gasteiger partial charge in [-0.1, -0.05) is 42.9 Å². The van der Waals surface area contributed by atoms with Crippen LogP contribution >= 0.6 is 23.8 Å². The quantitative estimate of drug-likeness (QED) is 0.846. The first kappa shape index (κ1) is 14.9. The minimum atomic E-state index is -0.385. The number of nitrogens with two attached hydrogens (primary N) is 1. The molecular formula is C13H17ClN2OS. The maximum absolute atomic E-state index is 12.1. The highest BCUT2D eigenvalue weighted by molar-refractivity contribution is 7.80. The maximum Gasteiger partial charge on any atom is 0.232 e. The summed E-state index contributed by atoms with van der Waals surface area (Å²) in [6, 6.07) is 7.43. The molecule has 0 fully saturated rings. The van der Waals surface area contributed by atoms with E-state index in [1.54, 1.807) is 18.0 Å².